The Balaban J connectivity index is 1.10. The molecule has 4 fully saturated rings. The van der Waals surface area contributed by atoms with Crippen LogP contribution in [0.1, 0.15) is 64.5 Å². The highest BCUT2D eigenvalue weighted by molar-refractivity contribution is 7.19. The summed E-state index contributed by atoms with van der Waals surface area (Å²) in [5.74, 6) is 0.00258. The first-order valence-electron chi connectivity index (χ1n) is 14.2. The number of carbonyl (C=O) groups is 2. The average Bonchev–Trinajstić information content (AvgIpc) is 3.55. The van der Waals surface area contributed by atoms with Crippen LogP contribution in [0.4, 0.5) is 9.80 Å². The molecule has 4 aliphatic heterocycles. The second-order valence-corrected chi connectivity index (χ2v) is 13.1. The van der Waals surface area contributed by atoms with Gasteiger partial charge in [0.25, 0.3) is 0 Å². The SMILES string of the molecule is CCNC(=O)Nc1sc(-c2ccncc2)cc1C1OC1N1CCC(N2CCCC3(C2)CC(C)(C)OC3=O)CC1. The first-order valence-corrected chi connectivity index (χ1v) is 15.0. The van der Waals surface area contributed by atoms with Crippen molar-refractivity contribution < 1.29 is 19.1 Å². The molecular formula is C29H39N5O4S. The summed E-state index contributed by atoms with van der Waals surface area (Å²) < 4.78 is 12.0. The molecule has 3 atom stereocenters. The van der Waals surface area contributed by atoms with E-state index < -0.39 is 0 Å². The average molecular weight is 554 g/mol. The van der Waals surface area contributed by atoms with Crippen molar-refractivity contribution >= 4 is 28.3 Å². The maximum absolute atomic E-state index is 12.8. The van der Waals surface area contributed by atoms with Gasteiger partial charge < -0.3 is 14.8 Å². The van der Waals surface area contributed by atoms with Crippen LogP contribution in [0, 0.1) is 5.41 Å². The number of hydrogen-bond donors (Lipinski definition) is 2. The Hall–Kier alpha value is -2.53. The first-order chi connectivity index (χ1) is 18.8. The lowest BCUT2D eigenvalue weighted by atomic mass is 9.74. The molecule has 0 saturated carbocycles. The van der Waals surface area contributed by atoms with Gasteiger partial charge >= 0.3 is 12.0 Å². The number of thiophene rings is 1. The van der Waals surface area contributed by atoms with Crippen molar-refractivity contribution in [3.8, 4) is 10.4 Å². The van der Waals surface area contributed by atoms with Crippen molar-refractivity contribution in [2.45, 2.75) is 76.9 Å². The van der Waals surface area contributed by atoms with E-state index in [0.717, 1.165) is 79.3 Å². The van der Waals surface area contributed by atoms with E-state index in [-0.39, 0.29) is 35.3 Å². The minimum atomic E-state index is -0.356. The van der Waals surface area contributed by atoms with Gasteiger partial charge in [0.05, 0.1) is 5.41 Å². The van der Waals surface area contributed by atoms with E-state index in [4.69, 9.17) is 9.47 Å². The molecule has 10 heteroatoms. The van der Waals surface area contributed by atoms with Crippen LogP contribution in [0.15, 0.2) is 30.6 Å². The molecule has 6 heterocycles. The van der Waals surface area contributed by atoms with Gasteiger partial charge in [0.1, 0.15) is 22.9 Å². The van der Waals surface area contributed by atoms with Crippen LogP contribution in [0.5, 0.6) is 0 Å². The number of epoxide rings is 1. The van der Waals surface area contributed by atoms with E-state index in [1.807, 2.05) is 32.9 Å². The van der Waals surface area contributed by atoms with Crippen molar-refractivity contribution in [2.75, 3.05) is 38.0 Å². The number of nitrogens with one attached hydrogen (secondary N) is 2. The third-order valence-electron chi connectivity index (χ3n) is 8.61. The largest absolute Gasteiger partial charge is 0.459 e. The molecule has 2 aromatic heterocycles. The molecule has 2 aromatic rings. The van der Waals surface area contributed by atoms with Crippen molar-refractivity contribution in [3.05, 3.63) is 36.2 Å². The summed E-state index contributed by atoms with van der Waals surface area (Å²) in [5, 5.41) is 6.70. The van der Waals surface area contributed by atoms with Gasteiger partial charge in [-0.1, -0.05) is 0 Å². The number of aromatic nitrogens is 1. The Morgan fingerprint density at radius 1 is 1.18 bits per heavy atom. The third kappa shape index (κ3) is 5.44. The number of likely N-dealkylation sites (tertiary alicyclic amines) is 2. The van der Waals surface area contributed by atoms with Gasteiger partial charge in [0, 0.05) is 61.5 Å². The fourth-order valence-electron chi connectivity index (χ4n) is 6.87. The molecule has 4 aliphatic rings. The molecule has 4 saturated heterocycles. The second-order valence-electron chi connectivity index (χ2n) is 12.0. The van der Waals surface area contributed by atoms with Crippen molar-refractivity contribution in [2.24, 2.45) is 5.41 Å². The van der Waals surface area contributed by atoms with Gasteiger partial charge in [-0.15, -0.1) is 11.3 Å². The molecule has 0 radical (unpaired) electrons. The minimum absolute atomic E-state index is 0.00258. The zero-order valence-electron chi connectivity index (χ0n) is 23.1. The first kappa shape index (κ1) is 26.7. The summed E-state index contributed by atoms with van der Waals surface area (Å²) in [7, 11) is 0. The predicted molar refractivity (Wildman–Crippen MR) is 150 cm³/mol. The number of ether oxygens (including phenoxy) is 2. The maximum Gasteiger partial charge on any atom is 0.319 e. The molecule has 1 spiro atoms. The Morgan fingerprint density at radius 3 is 2.64 bits per heavy atom. The van der Waals surface area contributed by atoms with Crippen molar-refractivity contribution in [1.29, 1.82) is 0 Å². The Morgan fingerprint density at radius 2 is 1.95 bits per heavy atom. The Bertz CT molecular complexity index is 1210. The fourth-order valence-corrected chi connectivity index (χ4v) is 7.96. The molecule has 0 aliphatic carbocycles. The fraction of sp³-hybridized carbons (Fsp3) is 0.621. The highest BCUT2D eigenvalue weighted by atomic mass is 32.1. The third-order valence-corrected chi connectivity index (χ3v) is 9.73. The summed E-state index contributed by atoms with van der Waals surface area (Å²) >= 11 is 1.57. The molecule has 39 heavy (non-hydrogen) atoms. The van der Waals surface area contributed by atoms with Gasteiger partial charge in [0.2, 0.25) is 0 Å². The number of piperidine rings is 2. The molecule has 2 amide bonds. The summed E-state index contributed by atoms with van der Waals surface area (Å²) in [6.07, 6.45) is 8.49. The van der Waals surface area contributed by atoms with Gasteiger partial charge in [-0.05, 0) is 76.8 Å². The lowest BCUT2D eigenvalue weighted by molar-refractivity contribution is -0.154. The number of amides is 2. The molecule has 0 aromatic carbocycles. The van der Waals surface area contributed by atoms with Crippen LogP contribution in [-0.2, 0) is 14.3 Å². The summed E-state index contributed by atoms with van der Waals surface area (Å²) in [6, 6.07) is 6.40. The lowest BCUT2D eigenvalue weighted by Crippen LogP contribution is -2.53. The smallest absolute Gasteiger partial charge is 0.319 e. The molecule has 2 N–H and O–H groups in total. The number of nitrogens with zero attached hydrogens (tertiary/aromatic N) is 3. The molecule has 210 valence electrons. The van der Waals surface area contributed by atoms with Gasteiger partial charge in [-0.2, -0.15) is 0 Å². The van der Waals surface area contributed by atoms with Gasteiger partial charge in [0.15, 0.2) is 0 Å². The number of esters is 1. The molecule has 6 rings (SSSR count). The highest BCUT2D eigenvalue weighted by Gasteiger charge is 2.55. The summed E-state index contributed by atoms with van der Waals surface area (Å²) in [5.41, 5.74) is 1.42. The quantitative estimate of drug-likeness (QED) is 0.398. The van der Waals surface area contributed by atoms with E-state index in [0.29, 0.717) is 12.6 Å². The Kier molecular flexibility index (Phi) is 7.16. The minimum Gasteiger partial charge on any atom is -0.459 e. The van der Waals surface area contributed by atoms with Gasteiger partial charge in [-0.3, -0.25) is 24.9 Å². The van der Waals surface area contributed by atoms with Gasteiger partial charge in [-0.25, -0.2) is 4.79 Å². The van der Waals surface area contributed by atoms with Crippen LogP contribution in [-0.4, -0.2) is 77.4 Å². The zero-order chi connectivity index (χ0) is 27.2. The van der Waals surface area contributed by atoms with Crippen LogP contribution < -0.4 is 10.6 Å². The molecular weight excluding hydrogens is 514 g/mol. The standard InChI is InChI=1S/C29H39N5O4S/c1-4-31-27(36)32-24-21(16-22(39-24)19-6-11-30-12-7-19)23-25(37-23)33-14-8-20(9-15-33)34-13-5-10-29(18-34)17-28(2,3)38-26(29)35/h6-7,11-12,16,20,23,25H,4-5,8-10,13-15,17-18H2,1-3H3,(H2,31,32,36). The normalized spacial score (nSPS) is 29.4. The lowest BCUT2D eigenvalue weighted by Gasteiger charge is -2.44. The highest BCUT2D eigenvalue weighted by Crippen LogP contribution is 2.50. The van der Waals surface area contributed by atoms with Crippen LogP contribution >= 0.6 is 11.3 Å². The van der Waals surface area contributed by atoms with E-state index in [1.54, 1.807) is 23.7 Å². The monoisotopic (exact) mass is 553 g/mol. The van der Waals surface area contributed by atoms with E-state index in [2.05, 4.69) is 31.5 Å². The molecule has 3 unspecified atom stereocenters. The van der Waals surface area contributed by atoms with E-state index in [9.17, 15) is 9.59 Å². The molecule has 9 nitrogen and oxygen atoms in total. The zero-order valence-corrected chi connectivity index (χ0v) is 23.9. The second kappa shape index (κ2) is 10.5. The summed E-state index contributed by atoms with van der Waals surface area (Å²) in [6.45, 7) is 10.4. The van der Waals surface area contributed by atoms with E-state index >= 15 is 0 Å². The molecule has 0 bridgehead atoms. The number of hydrogen-bond acceptors (Lipinski definition) is 8. The van der Waals surface area contributed by atoms with Crippen LogP contribution in [0.25, 0.3) is 10.4 Å². The number of pyridine rings is 1. The number of cyclic esters (lactones) is 1. The summed E-state index contributed by atoms with van der Waals surface area (Å²) in [4.78, 5) is 35.4. The number of rotatable bonds is 6. The topological polar surface area (TPSA) is 99.3 Å². The maximum atomic E-state index is 12.8. The number of urea groups is 1. The van der Waals surface area contributed by atoms with Crippen LogP contribution in [0.2, 0.25) is 0 Å². The predicted octanol–water partition coefficient (Wildman–Crippen LogP) is 4.62. The Labute approximate surface area is 234 Å². The van der Waals surface area contributed by atoms with Crippen LogP contribution in [0.3, 0.4) is 0 Å². The number of carbonyl (C=O) groups excluding carboxylic acids is 2. The van der Waals surface area contributed by atoms with E-state index in [1.165, 1.54) is 0 Å². The van der Waals surface area contributed by atoms with Crippen molar-refractivity contribution in [1.82, 2.24) is 20.1 Å². The number of anilines is 1. The van der Waals surface area contributed by atoms with Crippen molar-refractivity contribution in [3.63, 3.8) is 0 Å².